The molecule has 2 heterocycles. The molecular formula is C12H18N4O. The second-order valence-electron chi connectivity index (χ2n) is 4.57. The monoisotopic (exact) mass is 234 g/mol. The number of rotatable bonds is 3. The van der Waals surface area contributed by atoms with Gasteiger partial charge in [-0.3, -0.25) is 9.69 Å². The van der Waals surface area contributed by atoms with Crippen LogP contribution in [0.25, 0.3) is 0 Å². The zero-order valence-electron chi connectivity index (χ0n) is 9.80. The molecule has 1 aliphatic rings. The summed E-state index contributed by atoms with van der Waals surface area (Å²) in [6, 6.07) is 3.76. The highest BCUT2D eigenvalue weighted by Gasteiger charge is 2.23. The lowest BCUT2D eigenvalue weighted by Crippen LogP contribution is -2.40. The van der Waals surface area contributed by atoms with Crippen LogP contribution in [0.3, 0.4) is 0 Å². The lowest BCUT2D eigenvalue weighted by Gasteiger charge is -2.31. The standard InChI is InChI=1S/C12H18N4O/c13-11-4-3-9(6-15-11)7-16-5-1-2-10(8-16)12(14)17/h3-4,6,10H,1-2,5,7-8H2,(H2,13,15)(H2,14,17). The van der Waals surface area contributed by atoms with Crippen LogP contribution in [0.2, 0.25) is 0 Å². The van der Waals surface area contributed by atoms with Crippen LogP contribution in [0.1, 0.15) is 18.4 Å². The smallest absolute Gasteiger partial charge is 0.221 e. The van der Waals surface area contributed by atoms with E-state index in [0.29, 0.717) is 5.82 Å². The maximum absolute atomic E-state index is 11.2. The molecule has 2 rings (SSSR count). The summed E-state index contributed by atoms with van der Waals surface area (Å²) in [4.78, 5) is 17.5. The molecule has 17 heavy (non-hydrogen) atoms. The maximum atomic E-state index is 11.2. The number of amides is 1. The molecule has 1 aromatic heterocycles. The number of nitrogens with two attached hydrogens (primary N) is 2. The van der Waals surface area contributed by atoms with Crippen LogP contribution >= 0.6 is 0 Å². The van der Waals surface area contributed by atoms with Crippen molar-refractivity contribution >= 4 is 11.7 Å². The first-order valence-electron chi connectivity index (χ1n) is 5.87. The largest absolute Gasteiger partial charge is 0.384 e. The number of nitrogen functional groups attached to an aromatic ring is 1. The molecule has 92 valence electrons. The van der Waals surface area contributed by atoms with E-state index in [0.717, 1.165) is 38.0 Å². The summed E-state index contributed by atoms with van der Waals surface area (Å²) in [5, 5.41) is 0. The fourth-order valence-corrected chi connectivity index (χ4v) is 2.22. The van der Waals surface area contributed by atoms with E-state index < -0.39 is 0 Å². The minimum absolute atomic E-state index is 0.00880. The third kappa shape index (κ3) is 3.17. The van der Waals surface area contributed by atoms with Crippen LogP contribution in [0.15, 0.2) is 18.3 Å². The number of nitrogens with zero attached hydrogens (tertiary/aromatic N) is 2. The van der Waals surface area contributed by atoms with Crippen molar-refractivity contribution in [1.82, 2.24) is 9.88 Å². The second-order valence-corrected chi connectivity index (χ2v) is 4.57. The molecule has 0 bridgehead atoms. The van der Waals surface area contributed by atoms with E-state index in [-0.39, 0.29) is 11.8 Å². The summed E-state index contributed by atoms with van der Waals surface area (Å²) >= 11 is 0. The van der Waals surface area contributed by atoms with E-state index in [1.807, 2.05) is 6.07 Å². The Morgan fingerprint density at radius 2 is 2.35 bits per heavy atom. The summed E-state index contributed by atoms with van der Waals surface area (Å²) < 4.78 is 0. The van der Waals surface area contributed by atoms with Gasteiger partial charge in [-0.05, 0) is 31.0 Å². The molecule has 0 aromatic carbocycles. The minimum atomic E-state index is -0.190. The zero-order valence-corrected chi connectivity index (χ0v) is 9.80. The number of pyridine rings is 1. The molecule has 5 heteroatoms. The molecule has 0 radical (unpaired) electrons. The summed E-state index contributed by atoms with van der Waals surface area (Å²) in [5.41, 5.74) is 12.0. The van der Waals surface area contributed by atoms with Crippen molar-refractivity contribution in [3.05, 3.63) is 23.9 Å². The molecule has 1 atom stereocenters. The predicted molar refractivity (Wildman–Crippen MR) is 65.8 cm³/mol. The highest BCUT2D eigenvalue weighted by atomic mass is 16.1. The van der Waals surface area contributed by atoms with Crippen molar-refractivity contribution in [3.8, 4) is 0 Å². The SMILES string of the molecule is NC(=O)C1CCCN(Cc2ccc(N)nc2)C1. The van der Waals surface area contributed by atoms with Crippen molar-refractivity contribution < 1.29 is 4.79 Å². The quantitative estimate of drug-likeness (QED) is 0.790. The molecular weight excluding hydrogens is 216 g/mol. The summed E-state index contributed by atoms with van der Waals surface area (Å²) in [7, 11) is 0. The van der Waals surface area contributed by atoms with Gasteiger partial charge in [0.1, 0.15) is 5.82 Å². The van der Waals surface area contributed by atoms with Gasteiger partial charge in [-0.25, -0.2) is 4.98 Å². The van der Waals surface area contributed by atoms with E-state index in [9.17, 15) is 4.79 Å². The average Bonchev–Trinajstić information content (AvgIpc) is 2.32. The van der Waals surface area contributed by atoms with E-state index in [4.69, 9.17) is 11.5 Å². The Kier molecular flexibility index (Phi) is 3.58. The Balaban J connectivity index is 1.94. The van der Waals surface area contributed by atoms with Gasteiger partial charge in [0.2, 0.25) is 5.91 Å². The van der Waals surface area contributed by atoms with Crippen molar-refractivity contribution in [3.63, 3.8) is 0 Å². The number of anilines is 1. The first-order valence-corrected chi connectivity index (χ1v) is 5.87. The number of carbonyl (C=O) groups is 1. The molecule has 0 saturated carbocycles. The first kappa shape index (κ1) is 11.9. The van der Waals surface area contributed by atoms with E-state index in [1.165, 1.54) is 0 Å². The van der Waals surface area contributed by atoms with Gasteiger partial charge in [-0.2, -0.15) is 0 Å². The van der Waals surface area contributed by atoms with Crippen molar-refractivity contribution in [2.24, 2.45) is 11.7 Å². The van der Waals surface area contributed by atoms with E-state index >= 15 is 0 Å². The Morgan fingerprint density at radius 3 is 3.00 bits per heavy atom. The Labute approximate surface area is 101 Å². The average molecular weight is 234 g/mol. The number of hydrogen-bond acceptors (Lipinski definition) is 4. The van der Waals surface area contributed by atoms with E-state index in [2.05, 4.69) is 9.88 Å². The van der Waals surface area contributed by atoms with Crippen LogP contribution in [0, 0.1) is 5.92 Å². The lowest BCUT2D eigenvalue weighted by molar-refractivity contribution is -0.123. The highest BCUT2D eigenvalue weighted by Crippen LogP contribution is 2.18. The molecule has 5 nitrogen and oxygen atoms in total. The normalized spacial score (nSPS) is 21.3. The van der Waals surface area contributed by atoms with Gasteiger partial charge in [-0.15, -0.1) is 0 Å². The fourth-order valence-electron chi connectivity index (χ4n) is 2.22. The second kappa shape index (κ2) is 5.14. The van der Waals surface area contributed by atoms with Gasteiger partial charge < -0.3 is 11.5 Å². The molecule has 1 amide bonds. The van der Waals surface area contributed by atoms with E-state index in [1.54, 1.807) is 12.3 Å². The van der Waals surface area contributed by atoms with Crippen LogP contribution in [-0.4, -0.2) is 28.9 Å². The van der Waals surface area contributed by atoms with Crippen molar-refractivity contribution in [1.29, 1.82) is 0 Å². The molecule has 0 aliphatic carbocycles. The highest BCUT2D eigenvalue weighted by molar-refractivity contribution is 5.76. The lowest BCUT2D eigenvalue weighted by atomic mass is 9.97. The number of primary amides is 1. The van der Waals surface area contributed by atoms with Gasteiger partial charge >= 0.3 is 0 Å². The number of hydrogen-bond donors (Lipinski definition) is 2. The number of piperidine rings is 1. The van der Waals surface area contributed by atoms with Crippen LogP contribution in [-0.2, 0) is 11.3 Å². The number of likely N-dealkylation sites (tertiary alicyclic amines) is 1. The third-order valence-corrected chi connectivity index (χ3v) is 3.16. The Bertz CT molecular complexity index is 390. The Morgan fingerprint density at radius 1 is 1.53 bits per heavy atom. The fraction of sp³-hybridized carbons (Fsp3) is 0.500. The van der Waals surface area contributed by atoms with Crippen molar-refractivity contribution in [2.75, 3.05) is 18.8 Å². The van der Waals surface area contributed by atoms with Gasteiger partial charge in [-0.1, -0.05) is 6.07 Å². The zero-order chi connectivity index (χ0) is 12.3. The molecule has 1 aromatic rings. The Hall–Kier alpha value is -1.62. The molecule has 1 aliphatic heterocycles. The minimum Gasteiger partial charge on any atom is -0.384 e. The first-order chi connectivity index (χ1) is 8.15. The van der Waals surface area contributed by atoms with Gasteiger partial charge in [0, 0.05) is 19.3 Å². The van der Waals surface area contributed by atoms with Gasteiger partial charge in [0.05, 0.1) is 5.92 Å². The number of aromatic nitrogens is 1. The summed E-state index contributed by atoms with van der Waals surface area (Å²) in [5.74, 6) is 0.332. The molecule has 1 fully saturated rings. The van der Waals surface area contributed by atoms with Gasteiger partial charge in [0.25, 0.3) is 0 Å². The van der Waals surface area contributed by atoms with Crippen LogP contribution in [0.5, 0.6) is 0 Å². The van der Waals surface area contributed by atoms with Crippen LogP contribution < -0.4 is 11.5 Å². The predicted octanol–water partition coefficient (Wildman–Crippen LogP) is 0.361. The third-order valence-electron chi connectivity index (χ3n) is 3.16. The summed E-state index contributed by atoms with van der Waals surface area (Å²) in [6.45, 7) is 2.56. The van der Waals surface area contributed by atoms with Gasteiger partial charge in [0.15, 0.2) is 0 Å². The van der Waals surface area contributed by atoms with Crippen molar-refractivity contribution in [2.45, 2.75) is 19.4 Å². The molecule has 0 spiro atoms. The topological polar surface area (TPSA) is 85.2 Å². The number of carbonyl (C=O) groups excluding carboxylic acids is 1. The molecule has 1 unspecified atom stereocenters. The van der Waals surface area contributed by atoms with Crippen LogP contribution in [0.4, 0.5) is 5.82 Å². The molecule has 4 N–H and O–H groups in total. The summed E-state index contributed by atoms with van der Waals surface area (Å²) in [6.07, 6.45) is 3.71. The molecule has 1 saturated heterocycles. The maximum Gasteiger partial charge on any atom is 0.221 e.